The molecule has 90 valence electrons. The predicted molar refractivity (Wildman–Crippen MR) is 66.9 cm³/mol. The zero-order valence-electron chi connectivity index (χ0n) is 10.5. The first-order valence-electron chi connectivity index (χ1n) is 5.96. The van der Waals surface area contributed by atoms with Gasteiger partial charge in [-0.25, -0.2) is 4.39 Å². The number of benzene rings is 1. The molecule has 1 atom stereocenters. The Bertz CT molecular complexity index is 349. The lowest BCUT2D eigenvalue weighted by Gasteiger charge is -2.28. The maximum Gasteiger partial charge on any atom is 0.123 e. The summed E-state index contributed by atoms with van der Waals surface area (Å²) in [7, 11) is 0. The van der Waals surface area contributed by atoms with E-state index >= 15 is 0 Å². The van der Waals surface area contributed by atoms with Crippen LogP contribution in [0.4, 0.5) is 4.39 Å². The van der Waals surface area contributed by atoms with E-state index in [1.807, 2.05) is 13.0 Å². The molecule has 2 N–H and O–H groups in total. The minimum atomic E-state index is -0.161. The Hall–Kier alpha value is -0.890. The van der Waals surface area contributed by atoms with Crippen molar-refractivity contribution in [3.63, 3.8) is 0 Å². The van der Waals surface area contributed by atoms with Gasteiger partial charge in [0, 0.05) is 0 Å². The van der Waals surface area contributed by atoms with Gasteiger partial charge in [-0.3, -0.25) is 0 Å². The summed E-state index contributed by atoms with van der Waals surface area (Å²) >= 11 is 0. The Balaban J connectivity index is 2.85. The van der Waals surface area contributed by atoms with Gasteiger partial charge in [-0.2, -0.15) is 0 Å². The topological polar surface area (TPSA) is 26.0 Å². The molecule has 0 radical (unpaired) electrons. The van der Waals surface area contributed by atoms with Crippen LogP contribution in [0.15, 0.2) is 18.2 Å². The minimum Gasteiger partial charge on any atom is -0.330 e. The third kappa shape index (κ3) is 3.31. The van der Waals surface area contributed by atoms with E-state index in [0.717, 1.165) is 24.8 Å². The largest absolute Gasteiger partial charge is 0.330 e. The molecule has 0 fully saturated rings. The summed E-state index contributed by atoms with van der Waals surface area (Å²) in [5.41, 5.74) is 8.22. The average molecular weight is 223 g/mol. The third-order valence-electron chi connectivity index (χ3n) is 3.27. The van der Waals surface area contributed by atoms with Crippen molar-refractivity contribution in [2.24, 2.45) is 11.1 Å². The Morgan fingerprint density at radius 1 is 1.38 bits per heavy atom. The van der Waals surface area contributed by atoms with E-state index in [9.17, 15) is 4.39 Å². The van der Waals surface area contributed by atoms with E-state index in [2.05, 4.69) is 13.8 Å². The van der Waals surface area contributed by atoms with Crippen LogP contribution in [-0.4, -0.2) is 6.54 Å². The molecule has 0 aliphatic heterocycles. The van der Waals surface area contributed by atoms with Gasteiger partial charge in [0.25, 0.3) is 0 Å². The second-order valence-corrected chi connectivity index (χ2v) is 5.01. The van der Waals surface area contributed by atoms with Crippen LogP contribution >= 0.6 is 0 Å². The molecule has 0 heterocycles. The predicted octanol–water partition coefficient (Wildman–Crippen LogP) is 3.44. The van der Waals surface area contributed by atoms with Crippen LogP contribution in [0.3, 0.4) is 0 Å². The van der Waals surface area contributed by atoms with Crippen molar-refractivity contribution < 1.29 is 4.39 Å². The van der Waals surface area contributed by atoms with Gasteiger partial charge in [-0.1, -0.05) is 26.3 Å². The quantitative estimate of drug-likeness (QED) is 0.813. The van der Waals surface area contributed by atoms with Gasteiger partial charge in [0.05, 0.1) is 0 Å². The molecule has 0 aliphatic carbocycles. The first kappa shape index (κ1) is 13.2. The van der Waals surface area contributed by atoms with Crippen LogP contribution in [0.1, 0.15) is 37.8 Å². The molecule has 1 aromatic rings. The number of nitrogens with two attached hydrogens (primary N) is 1. The number of aryl methyl sites for hydroxylation is 1. The highest BCUT2D eigenvalue weighted by atomic mass is 19.1. The molecule has 16 heavy (non-hydrogen) atoms. The molecule has 0 saturated carbocycles. The maximum absolute atomic E-state index is 13.0. The Kier molecular flexibility index (Phi) is 4.48. The molecule has 1 nitrogen and oxygen atoms in total. The normalized spacial score (nSPS) is 14.8. The highest BCUT2D eigenvalue weighted by molar-refractivity contribution is 5.27. The lowest BCUT2D eigenvalue weighted by molar-refractivity contribution is 0.302. The van der Waals surface area contributed by atoms with Crippen molar-refractivity contribution in [1.29, 1.82) is 0 Å². The molecule has 0 aliphatic rings. The molecule has 1 rings (SSSR count). The maximum atomic E-state index is 13.0. The van der Waals surface area contributed by atoms with Crippen molar-refractivity contribution in [3.8, 4) is 0 Å². The van der Waals surface area contributed by atoms with E-state index in [-0.39, 0.29) is 11.2 Å². The van der Waals surface area contributed by atoms with E-state index in [0.29, 0.717) is 6.54 Å². The molecule has 0 spiro atoms. The standard InChI is InChI=1S/C14H22FN/c1-4-7-14(3,10-16)9-12-5-6-13(15)8-11(12)2/h5-6,8H,4,7,9-10,16H2,1-3H3. The summed E-state index contributed by atoms with van der Waals surface area (Å²) in [5.74, 6) is -0.161. The smallest absolute Gasteiger partial charge is 0.123 e. The van der Waals surface area contributed by atoms with Gasteiger partial charge in [0.1, 0.15) is 5.82 Å². The molecular weight excluding hydrogens is 201 g/mol. The van der Waals surface area contributed by atoms with E-state index in [4.69, 9.17) is 5.73 Å². The highest BCUT2D eigenvalue weighted by Crippen LogP contribution is 2.28. The van der Waals surface area contributed by atoms with Gasteiger partial charge < -0.3 is 5.73 Å². The fourth-order valence-electron chi connectivity index (χ4n) is 2.18. The Labute approximate surface area is 97.9 Å². The molecule has 2 heteroatoms. The van der Waals surface area contributed by atoms with E-state index in [1.165, 1.54) is 11.6 Å². The van der Waals surface area contributed by atoms with Crippen molar-refractivity contribution in [2.75, 3.05) is 6.54 Å². The molecule has 0 saturated heterocycles. The van der Waals surface area contributed by atoms with Gasteiger partial charge in [-0.15, -0.1) is 0 Å². The molecule has 1 aromatic carbocycles. The highest BCUT2D eigenvalue weighted by Gasteiger charge is 2.22. The van der Waals surface area contributed by atoms with Crippen molar-refractivity contribution in [3.05, 3.63) is 35.1 Å². The van der Waals surface area contributed by atoms with Crippen LogP contribution in [-0.2, 0) is 6.42 Å². The monoisotopic (exact) mass is 223 g/mol. The fraction of sp³-hybridized carbons (Fsp3) is 0.571. The Morgan fingerprint density at radius 2 is 2.06 bits per heavy atom. The van der Waals surface area contributed by atoms with Crippen molar-refractivity contribution in [2.45, 2.75) is 40.0 Å². The zero-order valence-corrected chi connectivity index (χ0v) is 10.5. The lowest BCUT2D eigenvalue weighted by atomic mass is 9.79. The summed E-state index contributed by atoms with van der Waals surface area (Å²) in [6.45, 7) is 7.02. The number of hydrogen-bond acceptors (Lipinski definition) is 1. The SMILES string of the molecule is CCCC(C)(CN)Cc1ccc(F)cc1C. The number of rotatable bonds is 5. The zero-order chi connectivity index (χ0) is 12.2. The molecular formula is C14H22FN. The Morgan fingerprint density at radius 3 is 2.56 bits per heavy atom. The average Bonchev–Trinajstić information content (AvgIpc) is 2.23. The van der Waals surface area contributed by atoms with Gasteiger partial charge >= 0.3 is 0 Å². The molecule has 1 unspecified atom stereocenters. The van der Waals surface area contributed by atoms with Gasteiger partial charge in [0.15, 0.2) is 0 Å². The minimum absolute atomic E-state index is 0.136. The fourth-order valence-corrected chi connectivity index (χ4v) is 2.18. The van der Waals surface area contributed by atoms with Crippen molar-refractivity contribution >= 4 is 0 Å². The first-order chi connectivity index (χ1) is 7.50. The van der Waals surface area contributed by atoms with Gasteiger partial charge in [0.2, 0.25) is 0 Å². The molecule has 0 amide bonds. The van der Waals surface area contributed by atoms with Crippen LogP contribution < -0.4 is 5.73 Å². The van der Waals surface area contributed by atoms with Crippen molar-refractivity contribution in [1.82, 2.24) is 0 Å². The van der Waals surface area contributed by atoms with Crippen LogP contribution in [0, 0.1) is 18.2 Å². The number of hydrogen-bond donors (Lipinski definition) is 1. The summed E-state index contributed by atoms with van der Waals surface area (Å²) in [4.78, 5) is 0. The summed E-state index contributed by atoms with van der Waals surface area (Å²) in [6.07, 6.45) is 3.18. The van der Waals surface area contributed by atoms with Crippen LogP contribution in [0.25, 0.3) is 0 Å². The lowest BCUT2D eigenvalue weighted by Crippen LogP contribution is -2.29. The third-order valence-corrected chi connectivity index (χ3v) is 3.27. The summed E-state index contributed by atoms with van der Waals surface area (Å²) < 4.78 is 13.0. The summed E-state index contributed by atoms with van der Waals surface area (Å²) in [5, 5.41) is 0. The van der Waals surface area contributed by atoms with Crippen LogP contribution in [0.5, 0.6) is 0 Å². The number of halogens is 1. The second-order valence-electron chi connectivity index (χ2n) is 5.01. The molecule has 0 bridgehead atoms. The van der Waals surface area contributed by atoms with E-state index < -0.39 is 0 Å². The van der Waals surface area contributed by atoms with Gasteiger partial charge in [-0.05, 0) is 55.0 Å². The first-order valence-corrected chi connectivity index (χ1v) is 5.96. The van der Waals surface area contributed by atoms with E-state index in [1.54, 1.807) is 6.07 Å². The van der Waals surface area contributed by atoms with Crippen LogP contribution in [0.2, 0.25) is 0 Å². The molecule has 0 aromatic heterocycles. The summed E-state index contributed by atoms with van der Waals surface area (Å²) in [6, 6.07) is 5.01. The second kappa shape index (κ2) is 5.44.